The summed E-state index contributed by atoms with van der Waals surface area (Å²) in [7, 11) is 1.52. The van der Waals surface area contributed by atoms with Crippen LogP contribution >= 0.6 is 0 Å². The van der Waals surface area contributed by atoms with E-state index in [1.54, 1.807) is 17.0 Å². The van der Waals surface area contributed by atoms with E-state index in [9.17, 15) is 19.5 Å². The van der Waals surface area contributed by atoms with Crippen molar-refractivity contribution in [2.75, 3.05) is 20.3 Å². The molecule has 0 saturated carbocycles. The molecule has 0 aliphatic carbocycles. The fourth-order valence-corrected chi connectivity index (χ4v) is 3.85. The van der Waals surface area contributed by atoms with Gasteiger partial charge in [0.1, 0.15) is 18.4 Å². The molecule has 1 saturated heterocycles. The second-order valence-corrected chi connectivity index (χ2v) is 7.81. The number of ketones is 1. The first-order chi connectivity index (χ1) is 14.9. The Bertz CT molecular complexity index is 965. The van der Waals surface area contributed by atoms with Crippen molar-refractivity contribution in [1.82, 2.24) is 9.80 Å². The maximum absolute atomic E-state index is 13.2. The number of phenols is 1. The molecule has 4 rings (SSSR count). The third-order valence-electron chi connectivity index (χ3n) is 5.68. The van der Waals surface area contributed by atoms with E-state index >= 15 is 0 Å². The minimum Gasteiger partial charge on any atom is -0.508 e. The molecule has 0 radical (unpaired) electrons. The number of hydrogen-bond donors (Lipinski definition) is 1. The van der Waals surface area contributed by atoms with E-state index in [-0.39, 0.29) is 31.2 Å². The number of nitrogens with zero attached hydrogens (tertiary/aromatic N) is 2. The minimum absolute atomic E-state index is 0.0310. The van der Waals surface area contributed by atoms with Crippen molar-refractivity contribution >= 4 is 17.8 Å². The molecular formula is C23H24N2O6. The van der Waals surface area contributed by atoms with Crippen molar-refractivity contribution in [2.24, 2.45) is 0 Å². The highest BCUT2D eigenvalue weighted by Crippen LogP contribution is 2.24. The van der Waals surface area contributed by atoms with Crippen molar-refractivity contribution in [3.8, 4) is 5.75 Å². The van der Waals surface area contributed by atoms with Gasteiger partial charge in [-0.1, -0.05) is 36.4 Å². The standard InChI is InChI=1S/C23H24N2O6/c1-24(19-13-30-14-20(19)27)22(28)21(10-15-6-8-18(26)9-7-15)31-23(29)25-11-16-4-2-3-5-17(16)12-25/h2-9,19,21,26H,10-14H2,1H3. The lowest BCUT2D eigenvalue weighted by atomic mass is 10.1. The molecule has 8 heteroatoms. The van der Waals surface area contributed by atoms with Crippen LogP contribution in [0.15, 0.2) is 48.5 Å². The van der Waals surface area contributed by atoms with Gasteiger partial charge in [-0.15, -0.1) is 0 Å². The average Bonchev–Trinajstić information content (AvgIpc) is 3.39. The van der Waals surface area contributed by atoms with Crippen LogP contribution in [-0.4, -0.2) is 65.1 Å². The van der Waals surface area contributed by atoms with Crippen LogP contribution in [0.2, 0.25) is 0 Å². The highest BCUT2D eigenvalue weighted by molar-refractivity contribution is 5.93. The number of likely N-dealkylation sites (N-methyl/N-ethyl adjacent to an activating group) is 1. The van der Waals surface area contributed by atoms with Crippen LogP contribution in [0.1, 0.15) is 16.7 Å². The van der Waals surface area contributed by atoms with Crippen molar-refractivity contribution < 1.29 is 29.0 Å². The summed E-state index contributed by atoms with van der Waals surface area (Å²) in [5.74, 6) is -0.549. The second kappa shape index (κ2) is 8.77. The van der Waals surface area contributed by atoms with Crippen molar-refractivity contribution in [2.45, 2.75) is 31.7 Å². The first-order valence-electron chi connectivity index (χ1n) is 10.1. The number of rotatable bonds is 5. The number of amides is 2. The monoisotopic (exact) mass is 424 g/mol. The van der Waals surface area contributed by atoms with Crippen LogP contribution in [0.4, 0.5) is 4.79 Å². The lowest BCUT2D eigenvalue weighted by Crippen LogP contribution is -2.49. The number of carbonyl (C=O) groups is 3. The van der Waals surface area contributed by atoms with E-state index in [0.29, 0.717) is 13.1 Å². The normalized spacial score (nSPS) is 18.5. The van der Waals surface area contributed by atoms with Gasteiger partial charge in [0, 0.05) is 26.6 Å². The zero-order valence-electron chi connectivity index (χ0n) is 17.2. The van der Waals surface area contributed by atoms with Crippen molar-refractivity contribution in [3.63, 3.8) is 0 Å². The highest BCUT2D eigenvalue weighted by Gasteiger charge is 2.37. The molecule has 1 N–H and O–H groups in total. The molecule has 1 fully saturated rings. The summed E-state index contributed by atoms with van der Waals surface area (Å²) in [5.41, 5.74) is 2.81. The van der Waals surface area contributed by atoms with Gasteiger partial charge < -0.3 is 19.5 Å². The Morgan fingerprint density at radius 1 is 1.16 bits per heavy atom. The summed E-state index contributed by atoms with van der Waals surface area (Å²) < 4.78 is 10.8. The molecule has 0 spiro atoms. The number of aromatic hydroxyl groups is 1. The molecule has 2 heterocycles. The summed E-state index contributed by atoms with van der Waals surface area (Å²) in [6.45, 7) is 0.930. The fourth-order valence-electron chi connectivity index (χ4n) is 3.85. The molecule has 0 aromatic heterocycles. The second-order valence-electron chi connectivity index (χ2n) is 7.81. The van der Waals surface area contributed by atoms with Crippen LogP contribution in [-0.2, 0) is 38.6 Å². The minimum atomic E-state index is -1.11. The molecule has 2 aliphatic heterocycles. The topological polar surface area (TPSA) is 96.4 Å². The number of carbonyl (C=O) groups excluding carboxylic acids is 3. The highest BCUT2D eigenvalue weighted by atomic mass is 16.6. The van der Waals surface area contributed by atoms with E-state index in [1.165, 1.54) is 24.1 Å². The van der Waals surface area contributed by atoms with Gasteiger partial charge in [0.05, 0.1) is 6.61 Å². The lowest BCUT2D eigenvalue weighted by molar-refractivity contribution is -0.144. The number of phenolic OH excluding ortho intramolecular Hbond substituents is 1. The average molecular weight is 424 g/mol. The van der Waals surface area contributed by atoms with Crippen LogP contribution in [0, 0.1) is 0 Å². The van der Waals surface area contributed by atoms with E-state index in [2.05, 4.69) is 0 Å². The molecule has 2 aliphatic rings. The zero-order valence-corrected chi connectivity index (χ0v) is 17.2. The fraction of sp³-hybridized carbons (Fsp3) is 0.348. The lowest BCUT2D eigenvalue weighted by Gasteiger charge is -2.28. The molecule has 2 atom stereocenters. The zero-order chi connectivity index (χ0) is 22.0. The quantitative estimate of drug-likeness (QED) is 0.787. The molecule has 8 nitrogen and oxygen atoms in total. The Kier molecular flexibility index (Phi) is 5.90. The van der Waals surface area contributed by atoms with Gasteiger partial charge in [0.2, 0.25) is 0 Å². The third-order valence-corrected chi connectivity index (χ3v) is 5.68. The maximum atomic E-state index is 13.2. The van der Waals surface area contributed by atoms with Crippen LogP contribution in [0.5, 0.6) is 5.75 Å². The van der Waals surface area contributed by atoms with Crippen LogP contribution in [0.25, 0.3) is 0 Å². The molecular weight excluding hydrogens is 400 g/mol. The molecule has 31 heavy (non-hydrogen) atoms. The van der Waals surface area contributed by atoms with E-state index in [1.807, 2.05) is 24.3 Å². The number of benzene rings is 2. The molecule has 2 aromatic carbocycles. The van der Waals surface area contributed by atoms with Gasteiger partial charge in [-0.25, -0.2) is 4.79 Å². The number of fused-ring (bicyclic) bond motifs is 1. The van der Waals surface area contributed by atoms with Gasteiger partial charge in [-0.3, -0.25) is 14.5 Å². The Morgan fingerprint density at radius 2 is 1.81 bits per heavy atom. The van der Waals surface area contributed by atoms with Gasteiger partial charge in [-0.2, -0.15) is 0 Å². The Morgan fingerprint density at radius 3 is 2.39 bits per heavy atom. The van der Waals surface area contributed by atoms with Gasteiger partial charge >= 0.3 is 6.09 Å². The summed E-state index contributed by atoms with van der Waals surface area (Å²) in [6.07, 6.45) is -1.58. The van der Waals surface area contributed by atoms with Gasteiger partial charge in [0.15, 0.2) is 11.9 Å². The molecule has 2 unspecified atom stereocenters. The van der Waals surface area contributed by atoms with Crippen molar-refractivity contribution in [3.05, 3.63) is 65.2 Å². The SMILES string of the molecule is CN(C(=O)C(Cc1ccc(O)cc1)OC(=O)N1Cc2ccccc2C1)C1COCC1=O. The number of hydrogen-bond acceptors (Lipinski definition) is 6. The maximum Gasteiger partial charge on any atom is 0.411 e. The summed E-state index contributed by atoms with van der Waals surface area (Å²) in [5, 5.41) is 9.52. The van der Waals surface area contributed by atoms with Crippen LogP contribution < -0.4 is 0 Å². The van der Waals surface area contributed by atoms with Crippen molar-refractivity contribution in [1.29, 1.82) is 0 Å². The summed E-state index contributed by atoms with van der Waals surface area (Å²) in [4.78, 5) is 40.9. The largest absolute Gasteiger partial charge is 0.508 e. The molecule has 2 amide bonds. The van der Waals surface area contributed by atoms with E-state index in [4.69, 9.17) is 9.47 Å². The summed E-state index contributed by atoms with van der Waals surface area (Å²) >= 11 is 0. The first kappa shape index (κ1) is 20.9. The summed E-state index contributed by atoms with van der Waals surface area (Å²) in [6, 6.07) is 13.4. The van der Waals surface area contributed by atoms with Gasteiger partial charge in [-0.05, 0) is 28.8 Å². The Hall–Kier alpha value is -3.39. The Balaban J connectivity index is 1.50. The van der Waals surface area contributed by atoms with Crippen LogP contribution in [0.3, 0.4) is 0 Å². The smallest absolute Gasteiger partial charge is 0.411 e. The molecule has 0 bridgehead atoms. The first-order valence-corrected chi connectivity index (χ1v) is 10.1. The predicted molar refractivity (Wildman–Crippen MR) is 110 cm³/mol. The number of ether oxygens (including phenoxy) is 2. The molecule has 2 aromatic rings. The third kappa shape index (κ3) is 4.54. The van der Waals surface area contributed by atoms with E-state index in [0.717, 1.165) is 16.7 Å². The van der Waals surface area contributed by atoms with E-state index < -0.39 is 24.1 Å². The van der Waals surface area contributed by atoms with Gasteiger partial charge in [0.25, 0.3) is 5.91 Å². The molecule has 162 valence electrons. The number of Topliss-reactive ketones (excluding diaryl/α,β-unsaturated/α-hetero) is 1. The predicted octanol–water partition coefficient (Wildman–Crippen LogP) is 1.88. The Labute approximate surface area is 180 Å².